The zero-order chi connectivity index (χ0) is 7.28. The smallest absolute Gasteiger partial charge is 0.219 e. The summed E-state index contributed by atoms with van der Waals surface area (Å²) in [4.78, 5) is 11.9. The Morgan fingerprint density at radius 1 is 1.67 bits per heavy atom. The first-order chi connectivity index (χ1) is 4.22. The van der Waals surface area contributed by atoms with Gasteiger partial charge < -0.3 is 4.74 Å². The number of ether oxygens (including phenoxy) is 1. The van der Waals surface area contributed by atoms with Gasteiger partial charge in [0.15, 0.2) is 0 Å². The third-order valence-corrected chi connectivity index (χ3v) is 1.08. The molecule has 0 aromatic rings. The Morgan fingerprint density at radius 2 is 2.22 bits per heavy atom. The zero-order valence-corrected chi connectivity index (χ0v) is 6.05. The molecule has 0 aliphatic rings. The maximum absolute atomic E-state index is 10.1. The summed E-state index contributed by atoms with van der Waals surface area (Å²) in [6, 6.07) is -0.227. The molecule has 0 saturated carbocycles. The van der Waals surface area contributed by atoms with Crippen LogP contribution in [0.3, 0.4) is 0 Å². The van der Waals surface area contributed by atoms with Crippen molar-refractivity contribution in [2.75, 3.05) is 27.8 Å². The third-order valence-electron chi connectivity index (χ3n) is 1.08. The first-order valence-corrected chi connectivity index (χ1v) is 2.75. The van der Waals surface area contributed by atoms with Crippen LogP contribution < -0.4 is 0 Å². The lowest BCUT2D eigenvalue weighted by Crippen LogP contribution is -2.33. The minimum absolute atomic E-state index is 0.227. The monoisotopic (exact) mass is 130 g/mol. The molecule has 1 radical (unpaired) electrons. The van der Waals surface area contributed by atoms with Crippen molar-refractivity contribution in [1.29, 1.82) is 0 Å². The average molecular weight is 130 g/mol. The minimum atomic E-state index is -0.227. The van der Waals surface area contributed by atoms with E-state index in [-0.39, 0.29) is 6.04 Å². The molecule has 0 bridgehead atoms. The fourth-order valence-corrected chi connectivity index (χ4v) is 0.446. The van der Waals surface area contributed by atoms with Crippen LogP contribution in [0.4, 0.5) is 0 Å². The second kappa shape index (κ2) is 4.47. The van der Waals surface area contributed by atoms with E-state index in [2.05, 4.69) is 0 Å². The quantitative estimate of drug-likeness (QED) is 0.522. The van der Waals surface area contributed by atoms with E-state index in [1.807, 2.05) is 20.4 Å². The highest BCUT2D eigenvalue weighted by atomic mass is 16.5. The lowest BCUT2D eigenvalue weighted by atomic mass is 10.3. The van der Waals surface area contributed by atoms with Crippen molar-refractivity contribution < 1.29 is 9.53 Å². The first-order valence-electron chi connectivity index (χ1n) is 2.75. The van der Waals surface area contributed by atoms with Gasteiger partial charge in [0.2, 0.25) is 6.29 Å². The lowest BCUT2D eigenvalue weighted by molar-refractivity contribution is 0.148. The molecule has 0 aliphatic carbocycles. The standard InChI is InChI=1S/C6H12NO2/c1-7(2)6(4-8)5-9-3/h6H,5H2,1-3H3/t6-/m1/s1. The van der Waals surface area contributed by atoms with Crippen LogP contribution in [0.1, 0.15) is 0 Å². The molecule has 0 aromatic heterocycles. The topological polar surface area (TPSA) is 29.5 Å². The van der Waals surface area contributed by atoms with Gasteiger partial charge in [0, 0.05) is 7.11 Å². The summed E-state index contributed by atoms with van der Waals surface area (Å²) in [5.74, 6) is 0. The van der Waals surface area contributed by atoms with Crippen LogP contribution >= 0.6 is 0 Å². The second-order valence-electron chi connectivity index (χ2n) is 2.05. The van der Waals surface area contributed by atoms with Crippen molar-refractivity contribution in [2.24, 2.45) is 0 Å². The maximum Gasteiger partial charge on any atom is 0.219 e. The van der Waals surface area contributed by atoms with E-state index in [0.717, 1.165) is 0 Å². The molecule has 0 spiro atoms. The Bertz CT molecular complexity index is 83.1. The second-order valence-corrected chi connectivity index (χ2v) is 2.05. The molecule has 3 nitrogen and oxygen atoms in total. The van der Waals surface area contributed by atoms with Gasteiger partial charge in [-0.2, -0.15) is 0 Å². The largest absolute Gasteiger partial charge is 0.383 e. The van der Waals surface area contributed by atoms with Gasteiger partial charge in [-0.25, -0.2) is 0 Å². The highest BCUT2D eigenvalue weighted by molar-refractivity contribution is 5.58. The zero-order valence-electron chi connectivity index (χ0n) is 6.05. The number of rotatable bonds is 4. The van der Waals surface area contributed by atoms with Gasteiger partial charge in [-0.15, -0.1) is 0 Å². The van der Waals surface area contributed by atoms with Crippen LogP contribution in [0.2, 0.25) is 0 Å². The summed E-state index contributed by atoms with van der Waals surface area (Å²) >= 11 is 0. The number of likely N-dealkylation sites (N-methyl/N-ethyl adjacent to an activating group) is 1. The highest BCUT2D eigenvalue weighted by Crippen LogP contribution is 1.87. The molecule has 0 aromatic carbocycles. The Kier molecular flexibility index (Phi) is 4.26. The minimum Gasteiger partial charge on any atom is -0.383 e. The SMILES string of the molecule is COC[C@@H]([C]=O)N(C)C. The van der Waals surface area contributed by atoms with Crippen LogP contribution in [0.5, 0.6) is 0 Å². The van der Waals surface area contributed by atoms with Crippen LogP contribution in [0, 0.1) is 0 Å². The molecule has 0 rings (SSSR count). The van der Waals surface area contributed by atoms with Gasteiger partial charge in [-0.05, 0) is 14.1 Å². The van der Waals surface area contributed by atoms with Crippen LogP contribution in [0.15, 0.2) is 0 Å². The van der Waals surface area contributed by atoms with Crippen molar-refractivity contribution >= 4 is 6.29 Å². The molecule has 0 saturated heterocycles. The molecule has 0 heterocycles. The van der Waals surface area contributed by atoms with E-state index in [4.69, 9.17) is 4.74 Å². The summed E-state index contributed by atoms with van der Waals surface area (Å²) in [5, 5.41) is 0. The summed E-state index contributed by atoms with van der Waals surface area (Å²) in [5.41, 5.74) is 0. The molecular weight excluding hydrogens is 118 g/mol. The van der Waals surface area contributed by atoms with Gasteiger partial charge in [0.05, 0.1) is 12.6 Å². The van der Waals surface area contributed by atoms with Gasteiger partial charge in [-0.1, -0.05) is 0 Å². The fraction of sp³-hybridized carbons (Fsp3) is 0.833. The van der Waals surface area contributed by atoms with Gasteiger partial charge >= 0.3 is 0 Å². The molecule has 9 heavy (non-hydrogen) atoms. The molecule has 0 unspecified atom stereocenters. The molecule has 0 fully saturated rings. The first kappa shape index (κ1) is 8.59. The van der Waals surface area contributed by atoms with Crippen molar-refractivity contribution in [3.8, 4) is 0 Å². The molecule has 0 amide bonds. The van der Waals surface area contributed by atoms with Crippen molar-refractivity contribution in [1.82, 2.24) is 4.90 Å². The molecular formula is C6H12NO2. The Morgan fingerprint density at radius 3 is 2.33 bits per heavy atom. The van der Waals surface area contributed by atoms with Gasteiger partial charge in [0.25, 0.3) is 0 Å². The van der Waals surface area contributed by atoms with E-state index in [9.17, 15) is 4.79 Å². The summed E-state index contributed by atoms with van der Waals surface area (Å²) < 4.78 is 4.75. The van der Waals surface area contributed by atoms with Crippen LogP contribution in [-0.4, -0.2) is 45.0 Å². The average Bonchev–Trinajstić information content (AvgIpc) is 1.82. The lowest BCUT2D eigenvalue weighted by Gasteiger charge is -2.15. The normalized spacial score (nSPS) is 13.8. The van der Waals surface area contributed by atoms with Crippen LogP contribution in [0.25, 0.3) is 0 Å². The molecule has 53 valence electrons. The predicted octanol–water partition coefficient (Wildman–Crippen LogP) is -0.327. The number of nitrogens with zero attached hydrogens (tertiary/aromatic N) is 1. The molecule has 0 aliphatic heterocycles. The summed E-state index contributed by atoms with van der Waals surface area (Å²) in [6.45, 7) is 0.413. The Labute approximate surface area is 55.6 Å². The molecule has 1 atom stereocenters. The van der Waals surface area contributed by atoms with Crippen molar-refractivity contribution in [3.63, 3.8) is 0 Å². The third kappa shape index (κ3) is 3.21. The van der Waals surface area contributed by atoms with E-state index in [1.165, 1.54) is 0 Å². The van der Waals surface area contributed by atoms with Crippen molar-refractivity contribution in [2.45, 2.75) is 6.04 Å². The van der Waals surface area contributed by atoms with Crippen LogP contribution in [-0.2, 0) is 9.53 Å². The van der Waals surface area contributed by atoms with Gasteiger partial charge in [-0.3, -0.25) is 9.69 Å². The number of carbonyl (C=O) groups excluding carboxylic acids is 1. The van der Waals surface area contributed by atoms with Gasteiger partial charge in [0.1, 0.15) is 0 Å². The van der Waals surface area contributed by atoms with E-state index in [1.54, 1.807) is 12.0 Å². The molecule has 3 heteroatoms. The van der Waals surface area contributed by atoms with E-state index in [0.29, 0.717) is 6.61 Å². The van der Waals surface area contributed by atoms with E-state index >= 15 is 0 Å². The number of methoxy groups -OCH3 is 1. The predicted molar refractivity (Wildman–Crippen MR) is 35.0 cm³/mol. The fourth-order valence-electron chi connectivity index (χ4n) is 0.446. The maximum atomic E-state index is 10.1. The van der Waals surface area contributed by atoms with Crippen molar-refractivity contribution in [3.05, 3.63) is 0 Å². The Balaban J connectivity index is 3.54. The van der Waals surface area contributed by atoms with E-state index < -0.39 is 0 Å². The Hall–Kier alpha value is -0.410. The number of hydrogen-bond acceptors (Lipinski definition) is 3. The summed E-state index contributed by atoms with van der Waals surface area (Å²) in [6.07, 6.45) is 1.85. The number of hydrogen-bond donors (Lipinski definition) is 0. The highest BCUT2D eigenvalue weighted by Gasteiger charge is 2.08. The molecule has 0 N–H and O–H groups in total. The summed E-state index contributed by atoms with van der Waals surface area (Å²) in [7, 11) is 5.19.